The summed E-state index contributed by atoms with van der Waals surface area (Å²) in [5.74, 6) is 2.57. The predicted octanol–water partition coefficient (Wildman–Crippen LogP) is 2.58. The van der Waals surface area contributed by atoms with Crippen LogP contribution in [0.5, 0.6) is 0 Å². The molecule has 0 unspecified atom stereocenters. The van der Waals surface area contributed by atoms with Crippen LogP contribution in [-0.2, 0) is 0 Å². The van der Waals surface area contributed by atoms with Crippen molar-refractivity contribution in [1.82, 2.24) is 0 Å². The van der Waals surface area contributed by atoms with Crippen LogP contribution in [0.25, 0.3) is 0 Å². The molecule has 0 aromatic heterocycles. The summed E-state index contributed by atoms with van der Waals surface area (Å²) in [6, 6.07) is 0. The van der Waals surface area contributed by atoms with Crippen LogP contribution in [0.15, 0.2) is 0 Å². The van der Waals surface area contributed by atoms with Crippen LogP contribution in [0.4, 0.5) is 0 Å². The number of hydrogen-bond donors (Lipinski definition) is 1. The molecule has 2 fully saturated rings. The van der Waals surface area contributed by atoms with E-state index in [9.17, 15) is 5.11 Å². The third kappa shape index (κ3) is 1.39. The number of fused-ring (bicyclic) bond motifs is 1. The van der Waals surface area contributed by atoms with E-state index in [-0.39, 0.29) is 6.10 Å². The third-order valence-electron chi connectivity index (χ3n) is 3.78. The van der Waals surface area contributed by atoms with Crippen molar-refractivity contribution in [1.29, 1.82) is 0 Å². The zero-order valence-electron chi connectivity index (χ0n) is 8.00. The summed E-state index contributed by atoms with van der Waals surface area (Å²) in [5.41, 5.74) is 0. The quantitative estimate of drug-likeness (QED) is 0.640. The zero-order valence-corrected chi connectivity index (χ0v) is 8.00. The van der Waals surface area contributed by atoms with E-state index < -0.39 is 0 Å². The fourth-order valence-electron chi connectivity index (χ4n) is 3.04. The van der Waals surface area contributed by atoms with E-state index in [1.165, 1.54) is 32.1 Å². The van der Waals surface area contributed by atoms with E-state index in [1.54, 1.807) is 0 Å². The van der Waals surface area contributed by atoms with E-state index >= 15 is 0 Å². The largest absolute Gasteiger partial charge is 0.393 e. The first-order valence-electron chi connectivity index (χ1n) is 5.52. The van der Waals surface area contributed by atoms with Gasteiger partial charge in [0.25, 0.3) is 0 Å². The van der Waals surface area contributed by atoms with Crippen LogP contribution in [-0.4, -0.2) is 11.2 Å². The van der Waals surface area contributed by atoms with Crippen LogP contribution < -0.4 is 0 Å². The van der Waals surface area contributed by atoms with Crippen LogP contribution in [0, 0.1) is 17.8 Å². The summed E-state index contributed by atoms with van der Waals surface area (Å²) in [6.45, 7) is 2.25. The number of rotatable bonds is 4. The summed E-state index contributed by atoms with van der Waals surface area (Å²) < 4.78 is 0. The van der Waals surface area contributed by atoms with Gasteiger partial charge in [-0.15, -0.1) is 0 Å². The second-order valence-corrected chi connectivity index (χ2v) is 4.55. The normalized spacial score (nSPS) is 44.5. The summed E-state index contributed by atoms with van der Waals surface area (Å²) in [5, 5.41) is 9.57. The lowest BCUT2D eigenvalue weighted by atomic mass is 10.0. The Hall–Kier alpha value is -0.0400. The van der Waals surface area contributed by atoms with E-state index in [1.807, 2.05) is 0 Å². The van der Waals surface area contributed by atoms with Gasteiger partial charge in [-0.3, -0.25) is 0 Å². The molecule has 0 aromatic carbocycles. The van der Waals surface area contributed by atoms with Crippen molar-refractivity contribution in [3.8, 4) is 0 Å². The summed E-state index contributed by atoms with van der Waals surface area (Å²) >= 11 is 0. The number of aliphatic hydroxyl groups is 1. The van der Waals surface area contributed by atoms with Gasteiger partial charge in [-0.05, 0) is 37.0 Å². The van der Waals surface area contributed by atoms with Crippen molar-refractivity contribution in [2.24, 2.45) is 17.8 Å². The molecule has 0 amide bonds. The monoisotopic (exact) mass is 168 g/mol. The van der Waals surface area contributed by atoms with Gasteiger partial charge in [-0.1, -0.05) is 26.2 Å². The molecule has 0 aliphatic heterocycles. The van der Waals surface area contributed by atoms with Gasteiger partial charge in [0.15, 0.2) is 0 Å². The van der Waals surface area contributed by atoms with Gasteiger partial charge in [-0.25, -0.2) is 0 Å². The molecule has 2 rings (SSSR count). The molecule has 0 heterocycles. The first-order chi connectivity index (χ1) is 5.84. The van der Waals surface area contributed by atoms with Gasteiger partial charge in [0.1, 0.15) is 0 Å². The molecule has 2 aliphatic rings. The van der Waals surface area contributed by atoms with E-state index in [4.69, 9.17) is 0 Å². The fourth-order valence-corrected chi connectivity index (χ4v) is 3.04. The smallest absolute Gasteiger partial charge is 0.0574 e. The summed E-state index contributed by atoms with van der Waals surface area (Å²) in [6.07, 6.45) is 7.95. The molecule has 12 heavy (non-hydrogen) atoms. The third-order valence-corrected chi connectivity index (χ3v) is 3.78. The average Bonchev–Trinajstić information content (AvgIpc) is 2.62. The minimum Gasteiger partial charge on any atom is -0.393 e. The van der Waals surface area contributed by atoms with E-state index in [0.29, 0.717) is 0 Å². The Morgan fingerprint density at radius 1 is 1.25 bits per heavy atom. The van der Waals surface area contributed by atoms with E-state index in [2.05, 4.69) is 6.92 Å². The summed E-state index contributed by atoms with van der Waals surface area (Å²) in [4.78, 5) is 0. The highest BCUT2D eigenvalue weighted by Gasteiger charge is 2.56. The van der Waals surface area contributed by atoms with Crippen LogP contribution >= 0.6 is 0 Å². The first kappa shape index (κ1) is 8.55. The molecule has 0 bridgehead atoms. The molecular formula is C11H20O. The van der Waals surface area contributed by atoms with Crippen molar-refractivity contribution in [3.05, 3.63) is 0 Å². The molecule has 0 radical (unpaired) electrons. The Balaban J connectivity index is 1.67. The van der Waals surface area contributed by atoms with Gasteiger partial charge in [0.2, 0.25) is 0 Å². The molecule has 1 N–H and O–H groups in total. The predicted molar refractivity (Wildman–Crippen MR) is 49.9 cm³/mol. The van der Waals surface area contributed by atoms with Crippen molar-refractivity contribution >= 4 is 0 Å². The van der Waals surface area contributed by atoms with Crippen molar-refractivity contribution in [3.63, 3.8) is 0 Å². The van der Waals surface area contributed by atoms with Gasteiger partial charge in [-0.2, -0.15) is 0 Å². The van der Waals surface area contributed by atoms with Crippen LogP contribution in [0.3, 0.4) is 0 Å². The topological polar surface area (TPSA) is 20.2 Å². The Kier molecular flexibility index (Phi) is 2.40. The highest BCUT2D eigenvalue weighted by atomic mass is 16.3. The molecule has 4 atom stereocenters. The SMILES string of the molecule is CCCCC[C@@H]1[C@@H]2CC[C@@H](O)[C@H]12. The van der Waals surface area contributed by atoms with Crippen molar-refractivity contribution in [2.75, 3.05) is 0 Å². The maximum absolute atomic E-state index is 9.57. The molecule has 2 saturated carbocycles. The highest BCUT2D eigenvalue weighted by Crippen LogP contribution is 2.59. The Morgan fingerprint density at radius 3 is 2.67 bits per heavy atom. The molecule has 0 spiro atoms. The molecule has 1 nitrogen and oxygen atoms in total. The Morgan fingerprint density at radius 2 is 2.08 bits per heavy atom. The second kappa shape index (κ2) is 3.37. The lowest BCUT2D eigenvalue weighted by Gasteiger charge is -2.06. The number of unbranched alkanes of at least 4 members (excludes halogenated alkanes) is 2. The molecule has 2 aliphatic carbocycles. The molecule has 0 aromatic rings. The van der Waals surface area contributed by atoms with Gasteiger partial charge < -0.3 is 5.11 Å². The Labute approximate surface area is 75.2 Å². The van der Waals surface area contributed by atoms with E-state index in [0.717, 1.165) is 24.2 Å². The first-order valence-corrected chi connectivity index (χ1v) is 5.52. The lowest BCUT2D eigenvalue weighted by Crippen LogP contribution is -2.07. The molecule has 1 heteroatoms. The zero-order chi connectivity index (χ0) is 8.55. The fraction of sp³-hybridized carbons (Fsp3) is 1.00. The molecule has 70 valence electrons. The number of aliphatic hydroxyl groups excluding tert-OH is 1. The van der Waals surface area contributed by atoms with Crippen LogP contribution in [0.2, 0.25) is 0 Å². The average molecular weight is 168 g/mol. The van der Waals surface area contributed by atoms with Gasteiger partial charge in [0.05, 0.1) is 6.10 Å². The van der Waals surface area contributed by atoms with Crippen LogP contribution in [0.1, 0.15) is 45.4 Å². The highest BCUT2D eigenvalue weighted by molar-refractivity contribution is 5.05. The molecule has 0 saturated heterocycles. The van der Waals surface area contributed by atoms with Crippen molar-refractivity contribution in [2.45, 2.75) is 51.6 Å². The maximum atomic E-state index is 9.57. The lowest BCUT2D eigenvalue weighted by molar-refractivity contribution is 0.148. The minimum atomic E-state index is 0.0710. The number of hydrogen-bond acceptors (Lipinski definition) is 1. The Bertz CT molecular complexity index is 155. The maximum Gasteiger partial charge on any atom is 0.0574 e. The van der Waals surface area contributed by atoms with Gasteiger partial charge in [0, 0.05) is 0 Å². The van der Waals surface area contributed by atoms with Crippen molar-refractivity contribution < 1.29 is 5.11 Å². The van der Waals surface area contributed by atoms with Gasteiger partial charge >= 0.3 is 0 Å². The summed E-state index contributed by atoms with van der Waals surface area (Å²) in [7, 11) is 0. The minimum absolute atomic E-state index is 0.0710. The molecular weight excluding hydrogens is 148 g/mol. The standard InChI is InChI=1S/C11H20O/c1-2-3-4-5-8-9-6-7-10(12)11(8)9/h8-12H,2-7H2,1H3/t8-,9+,10-,11-/m1/s1. The second-order valence-electron chi connectivity index (χ2n) is 4.55.